The van der Waals surface area contributed by atoms with Crippen LogP contribution in [-0.4, -0.2) is 23.0 Å². The molecule has 106 valence electrons. The van der Waals surface area contributed by atoms with Crippen molar-refractivity contribution in [1.82, 2.24) is 5.32 Å². The van der Waals surface area contributed by atoms with E-state index in [1.807, 2.05) is 27.7 Å². The van der Waals surface area contributed by atoms with Crippen molar-refractivity contribution < 1.29 is 14.4 Å². The first-order valence-corrected chi connectivity index (χ1v) is 6.14. The van der Waals surface area contributed by atoms with Crippen molar-refractivity contribution in [2.75, 3.05) is 0 Å². The Balaban J connectivity index is 3.01. The van der Waals surface area contributed by atoms with Crippen molar-refractivity contribution >= 4 is 11.7 Å². The topological polar surface area (TPSA) is 101 Å². The van der Waals surface area contributed by atoms with Gasteiger partial charge in [0.25, 0.3) is 5.91 Å². The van der Waals surface area contributed by atoms with Crippen LogP contribution in [0.15, 0.2) is 9.57 Å². The van der Waals surface area contributed by atoms with Gasteiger partial charge in [-0.05, 0) is 26.7 Å². The van der Waals surface area contributed by atoms with Crippen LogP contribution in [0.5, 0.6) is 0 Å². The highest BCUT2D eigenvalue weighted by atomic mass is 16.4. The standard InChI is InChI=1S/C13H21N3O3/c1-6(2)11(12(14)16-18)15-13(17)10-7(3)8(4)19-9(10)5/h6,11,18H,1-5H3,(H2,14,16)(H,15,17). The van der Waals surface area contributed by atoms with Crippen LogP contribution in [0, 0.1) is 26.7 Å². The molecule has 0 saturated carbocycles. The maximum Gasteiger partial charge on any atom is 0.255 e. The van der Waals surface area contributed by atoms with Gasteiger partial charge >= 0.3 is 0 Å². The van der Waals surface area contributed by atoms with Crippen molar-refractivity contribution in [2.45, 2.75) is 40.7 Å². The number of hydrogen-bond acceptors (Lipinski definition) is 4. The first-order chi connectivity index (χ1) is 8.79. The number of aryl methyl sites for hydroxylation is 2. The molecule has 0 aliphatic carbocycles. The minimum atomic E-state index is -0.522. The van der Waals surface area contributed by atoms with Gasteiger partial charge in [-0.2, -0.15) is 0 Å². The largest absolute Gasteiger partial charge is 0.466 e. The Labute approximate surface area is 112 Å². The minimum absolute atomic E-state index is 0.00783. The van der Waals surface area contributed by atoms with Gasteiger partial charge in [0.2, 0.25) is 0 Å². The zero-order valence-corrected chi connectivity index (χ0v) is 11.9. The number of carbonyl (C=O) groups is 1. The number of amides is 1. The van der Waals surface area contributed by atoms with Gasteiger partial charge in [0.15, 0.2) is 5.84 Å². The molecule has 19 heavy (non-hydrogen) atoms. The lowest BCUT2D eigenvalue weighted by Crippen LogP contribution is -2.48. The number of carbonyl (C=O) groups excluding carboxylic acids is 1. The normalized spacial score (nSPS) is 13.7. The van der Waals surface area contributed by atoms with Crippen LogP contribution in [0.3, 0.4) is 0 Å². The fourth-order valence-electron chi connectivity index (χ4n) is 1.99. The van der Waals surface area contributed by atoms with E-state index in [1.165, 1.54) is 0 Å². The maximum absolute atomic E-state index is 12.3. The second kappa shape index (κ2) is 5.77. The monoisotopic (exact) mass is 267 g/mol. The Morgan fingerprint density at radius 1 is 1.32 bits per heavy atom. The highest BCUT2D eigenvalue weighted by Crippen LogP contribution is 2.20. The van der Waals surface area contributed by atoms with E-state index in [4.69, 9.17) is 15.4 Å². The maximum atomic E-state index is 12.3. The number of furan rings is 1. The molecule has 1 rings (SSSR count). The second-order valence-corrected chi connectivity index (χ2v) is 4.93. The second-order valence-electron chi connectivity index (χ2n) is 4.93. The zero-order valence-electron chi connectivity index (χ0n) is 11.9. The number of nitrogens with two attached hydrogens (primary N) is 1. The number of oxime groups is 1. The summed E-state index contributed by atoms with van der Waals surface area (Å²) in [5.74, 6) is 0.992. The number of amidine groups is 1. The molecule has 1 atom stereocenters. The number of rotatable bonds is 4. The fourth-order valence-corrected chi connectivity index (χ4v) is 1.99. The van der Waals surface area contributed by atoms with Gasteiger partial charge in [-0.25, -0.2) is 0 Å². The Hall–Kier alpha value is -1.98. The van der Waals surface area contributed by atoms with E-state index < -0.39 is 6.04 Å². The Kier molecular flexibility index (Phi) is 4.58. The van der Waals surface area contributed by atoms with Crippen LogP contribution in [0.25, 0.3) is 0 Å². The molecule has 1 unspecified atom stereocenters. The fraction of sp³-hybridized carbons (Fsp3) is 0.538. The van der Waals surface area contributed by atoms with Gasteiger partial charge in [0.1, 0.15) is 11.5 Å². The summed E-state index contributed by atoms with van der Waals surface area (Å²) >= 11 is 0. The molecule has 6 heteroatoms. The van der Waals surface area contributed by atoms with Crippen LogP contribution in [0.2, 0.25) is 0 Å². The summed E-state index contributed by atoms with van der Waals surface area (Å²) in [6.07, 6.45) is 0. The molecule has 0 aromatic carbocycles. The predicted molar refractivity (Wildman–Crippen MR) is 72.4 cm³/mol. The van der Waals surface area contributed by atoms with Crippen molar-refractivity contribution in [1.29, 1.82) is 0 Å². The van der Waals surface area contributed by atoms with Crippen LogP contribution in [-0.2, 0) is 0 Å². The number of hydrogen-bond donors (Lipinski definition) is 3. The van der Waals surface area contributed by atoms with Crippen LogP contribution < -0.4 is 11.1 Å². The average Bonchev–Trinajstić information content (AvgIpc) is 2.58. The third-order valence-corrected chi connectivity index (χ3v) is 3.18. The summed E-state index contributed by atoms with van der Waals surface area (Å²) in [7, 11) is 0. The molecule has 6 nitrogen and oxygen atoms in total. The van der Waals surface area contributed by atoms with Crippen LogP contribution in [0.4, 0.5) is 0 Å². The molecule has 0 spiro atoms. The molecule has 0 aliphatic rings. The summed E-state index contributed by atoms with van der Waals surface area (Å²) in [6.45, 7) is 9.13. The molecule has 0 fully saturated rings. The molecule has 1 aromatic rings. The lowest BCUT2D eigenvalue weighted by Gasteiger charge is -2.20. The van der Waals surface area contributed by atoms with E-state index in [0.717, 1.165) is 5.56 Å². The molecule has 4 N–H and O–H groups in total. The lowest BCUT2D eigenvalue weighted by molar-refractivity contribution is 0.0936. The van der Waals surface area contributed by atoms with Crippen molar-refractivity contribution in [3.63, 3.8) is 0 Å². The zero-order chi connectivity index (χ0) is 14.7. The van der Waals surface area contributed by atoms with Gasteiger partial charge in [0.05, 0.1) is 11.6 Å². The molecule has 0 radical (unpaired) electrons. The van der Waals surface area contributed by atoms with Gasteiger partial charge in [0, 0.05) is 5.56 Å². The van der Waals surface area contributed by atoms with E-state index in [9.17, 15) is 4.79 Å². The van der Waals surface area contributed by atoms with Crippen LogP contribution in [0.1, 0.15) is 41.3 Å². The smallest absolute Gasteiger partial charge is 0.255 e. The van der Waals surface area contributed by atoms with Gasteiger partial charge in [-0.3, -0.25) is 4.79 Å². The first kappa shape index (κ1) is 15.1. The molecule has 0 aliphatic heterocycles. The van der Waals surface area contributed by atoms with Crippen molar-refractivity contribution in [2.24, 2.45) is 16.8 Å². The number of nitrogens with zero attached hydrogens (tertiary/aromatic N) is 1. The minimum Gasteiger partial charge on any atom is -0.466 e. The Morgan fingerprint density at radius 3 is 2.26 bits per heavy atom. The lowest BCUT2D eigenvalue weighted by atomic mass is 10.0. The summed E-state index contributed by atoms with van der Waals surface area (Å²) in [5.41, 5.74) is 6.90. The predicted octanol–water partition coefficient (Wildman–Crippen LogP) is 1.71. The summed E-state index contributed by atoms with van der Waals surface area (Å²) in [6, 6.07) is -0.522. The Morgan fingerprint density at radius 2 is 1.89 bits per heavy atom. The van der Waals surface area contributed by atoms with Gasteiger partial charge < -0.3 is 20.7 Å². The molecule has 1 heterocycles. The molecule has 1 amide bonds. The summed E-state index contributed by atoms with van der Waals surface area (Å²) in [5, 5.41) is 14.5. The first-order valence-electron chi connectivity index (χ1n) is 6.14. The van der Waals surface area contributed by atoms with E-state index in [1.54, 1.807) is 6.92 Å². The Bertz CT molecular complexity index is 503. The van der Waals surface area contributed by atoms with E-state index in [0.29, 0.717) is 17.1 Å². The third kappa shape index (κ3) is 3.07. The van der Waals surface area contributed by atoms with Crippen molar-refractivity contribution in [3.05, 3.63) is 22.6 Å². The van der Waals surface area contributed by atoms with Crippen LogP contribution >= 0.6 is 0 Å². The summed E-state index contributed by atoms with van der Waals surface area (Å²) < 4.78 is 5.42. The van der Waals surface area contributed by atoms with E-state index >= 15 is 0 Å². The SMILES string of the molecule is Cc1oc(C)c(C(=O)NC(C(N)=NO)C(C)C)c1C. The average molecular weight is 267 g/mol. The molecular weight excluding hydrogens is 246 g/mol. The molecule has 0 bridgehead atoms. The quantitative estimate of drug-likeness (QED) is 0.334. The van der Waals surface area contributed by atoms with Gasteiger partial charge in [-0.1, -0.05) is 19.0 Å². The van der Waals surface area contributed by atoms with Crippen molar-refractivity contribution in [3.8, 4) is 0 Å². The molecular formula is C13H21N3O3. The highest BCUT2D eigenvalue weighted by molar-refractivity contribution is 6.00. The summed E-state index contributed by atoms with van der Waals surface area (Å²) in [4.78, 5) is 12.3. The molecule has 0 saturated heterocycles. The molecule has 1 aromatic heterocycles. The highest BCUT2D eigenvalue weighted by Gasteiger charge is 2.25. The third-order valence-electron chi connectivity index (χ3n) is 3.18. The number of nitrogens with one attached hydrogen (secondary N) is 1. The van der Waals surface area contributed by atoms with E-state index in [-0.39, 0.29) is 17.7 Å². The van der Waals surface area contributed by atoms with E-state index in [2.05, 4.69) is 10.5 Å². The van der Waals surface area contributed by atoms with Gasteiger partial charge in [-0.15, -0.1) is 0 Å².